The molecule has 0 amide bonds. The Morgan fingerprint density at radius 1 is 1.05 bits per heavy atom. The van der Waals surface area contributed by atoms with Crippen LogP contribution in [0.3, 0.4) is 0 Å². The molecule has 2 rings (SSSR count). The van der Waals surface area contributed by atoms with Gasteiger partial charge in [-0.25, -0.2) is 0 Å². The minimum atomic E-state index is 0.490. The molecule has 1 heterocycles. The first-order valence-electron chi connectivity index (χ1n) is 8.82. The minimum Gasteiger partial charge on any atom is -0.311 e. The normalized spacial score (nSPS) is 35.7. The van der Waals surface area contributed by atoms with Gasteiger partial charge in [0.05, 0.1) is 0 Å². The van der Waals surface area contributed by atoms with Crippen LogP contribution in [0.15, 0.2) is 0 Å². The van der Waals surface area contributed by atoms with Crippen LogP contribution in [0.2, 0.25) is 0 Å². The maximum absolute atomic E-state index is 3.80. The number of rotatable bonds is 3. The fraction of sp³-hybridized carbons (Fsp3) is 1.00. The molecule has 0 radical (unpaired) electrons. The molecule has 2 heteroatoms. The highest BCUT2D eigenvalue weighted by Crippen LogP contribution is 2.40. The monoisotopic (exact) mass is 280 g/mol. The summed E-state index contributed by atoms with van der Waals surface area (Å²) in [6.45, 7) is 16.9. The van der Waals surface area contributed by atoms with Crippen LogP contribution in [0, 0.1) is 17.3 Å². The van der Waals surface area contributed by atoms with E-state index >= 15 is 0 Å². The summed E-state index contributed by atoms with van der Waals surface area (Å²) in [5, 5.41) is 3.80. The average molecular weight is 280 g/mol. The predicted molar refractivity (Wildman–Crippen MR) is 88.0 cm³/mol. The highest BCUT2D eigenvalue weighted by atomic mass is 15.3. The molecule has 2 nitrogen and oxygen atoms in total. The molecule has 3 atom stereocenters. The van der Waals surface area contributed by atoms with Crippen molar-refractivity contribution in [2.45, 2.75) is 85.4 Å². The molecular formula is C18H36N2. The standard InChI is InChI=1S/C18H36N2/c1-13(2)15-12-20(16(11-19-15)14(3)4)17-9-7-8-10-18(17,5)6/h13-17,19H,7-12H2,1-6H3. The van der Waals surface area contributed by atoms with Crippen molar-refractivity contribution in [3.8, 4) is 0 Å². The first-order chi connectivity index (χ1) is 9.33. The molecule has 1 aliphatic heterocycles. The van der Waals surface area contributed by atoms with Crippen LogP contribution in [0.5, 0.6) is 0 Å². The van der Waals surface area contributed by atoms with E-state index in [9.17, 15) is 0 Å². The van der Waals surface area contributed by atoms with Gasteiger partial charge in [0.25, 0.3) is 0 Å². The molecule has 0 spiro atoms. The zero-order chi connectivity index (χ0) is 14.9. The van der Waals surface area contributed by atoms with Crippen LogP contribution < -0.4 is 5.32 Å². The van der Waals surface area contributed by atoms with Gasteiger partial charge in [0.2, 0.25) is 0 Å². The summed E-state index contributed by atoms with van der Waals surface area (Å²) in [5.74, 6) is 1.48. The molecule has 1 aliphatic carbocycles. The highest BCUT2D eigenvalue weighted by molar-refractivity contribution is 4.98. The maximum atomic E-state index is 3.80. The Hall–Kier alpha value is -0.0800. The van der Waals surface area contributed by atoms with Gasteiger partial charge in [-0.3, -0.25) is 4.90 Å². The van der Waals surface area contributed by atoms with E-state index in [4.69, 9.17) is 0 Å². The number of hydrogen-bond donors (Lipinski definition) is 1. The van der Waals surface area contributed by atoms with Crippen molar-refractivity contribution in [3.05, 3.63) is 0 Å². The number of hydrogen-bond acceptors (Lipinski definition) is 2. The number of nitrogens with zero attached hydrogens (tertiary/aromatic N) is 1. The molecule has 0 aromatic carbocycles. The fourth-order valence-corrected chi connectivity index (χ4v) is 4.33. The summed E-state index contributed by atoms with van der Waals surface area (Å²) in [6, 6.07) is 2.17. The van der Waals surface area contributed by atoms with Crippen LogP contribution in [-0.4, -0.2) is 36.1 Å². The molecule has 0 aromatic rings. The molecule has 0 bridgehead atoms. The van der Waals surface area contributed by atoms with Gasteiger partial charge in [0.15, 0.2) is 0 Å². The summed E-state index contributed by atoms with van der Waals surface area (Å²) in [5.41, 5.74) is 0.490. The Morgan fingerprint density at radius 3 is 2.30 bits per heavy atom. The van der Waals surface area contributed by atoms with Crippen LogP contribution in [0.1, 0.15) is 67.2 Å². The molecule has 2 fully saturated rings. The lowest BCUT2D eigenvalue weighted by molar-refractivity contribution is -0.0246. The number of piperazine rings is 1. The van der Waals surface area contributed by atoms with E-state index in [-0.39, 0.29) is 0 Å². The summed E-state index contributed by atoms with van der Waals surface area (Å²) >= 11 is 0. The maximum Gasteiger partial charge on any atom is 0.0247 e. The zero-order valence-corrected chi connectivity index (χ0v) is 14.6. The van der Waals surface area contributed by atoms with Crippen molar-refractivity contribution in [1.29, 1.82) is 0 Å². The number of nitrogens with one attached hydrogen (secondary N) is 1. The second-order valence-corrected chi connectivity index (χ2v) is 8.52. The third kappa shape index (κ3) is 3.39. The van der Waals surface area contributed by atoms with Gasteiger partial charge < -0.3 is 5.32 Å². The first-order valence-corrected chi connectivity index (χ1v) is 8.82. The van der Waals surface area contributed by atoms with Gasteiger partial charge in [-0.05, 0) is 30.1 Å². The van der Waals surface area contributed by atoms with Gasteiger partial charge in [0, 0.05) is 31.2 Å². The zero-order valence-electron chi connectivity index (χ0n) is 14.6. The lowest BCUT2D eigenvalue weighted by Gasteiger charge is -2.53. The Kier molecular flexibility index (Phi) is 5.18. The average Bonchev–Trinajstić information content (AvgIpc) is 2.37. The highest BCUT2D eigenvalue weighted by Gasteiger charge is 2.42. The van der Waals surface area contributed by atoms with Gasteiger partial charge >= 0.3 is 0 Å². The lowest BCUT2D eigenvalue weighted by atomic mass is 9.71. The van der Waals surface area contributed by atoms with Crippen LogP contribution in [0.25, 0.3) is 0 Å². The SMILES string of the molecule is CC(C)C1CN(C2CCCCC2(C)C)C(C(C)C)CN1. The van der Waals surface area contributed by atoms with Crippen LogP contribution in [-0.2, 0) is 0 Å². The molecule has 3 unspecified atom stereocenters. The molecule has 20 heavy (non-hydrogen) atoms. The second-order valence-electron chi connectivity index (χ2n) is 8.52. The Balaban J connectivity index is 2.17. The van der Waals surface area contributed by atoms with E-state index in [1.165, 1.54) is 38.8 Å². The van der Waals surface area contributed by atoms with Crippen LogP contribution >= 0.6 is 0 Å². The lowest BCUT2D eigenvalue weighted by Crippen LogP contribution is -2.64. The smallest absolute Gasteiger partial charge is 0.0247 e. The summed E-state index contributed by atoms with van der Waals surface area (Å²) < 4.78 is 0. The first kappa shape index (κ1) is 16.3. The van der Waals surface area contributed by atoms with Gasteiger partial charge in [-0.1, -0.05) is 54.4 Å². The molecule has 1 saturated carbocycles. The Morgan fingerprint density at radius 2 is 1.75 bits per heavy atom. The van der Waals surface area contributed by atoms with Gasteiger partial charge in [0.1, 0.15) is 0 Å². The van der Waals surface area contributed by atoms with E-state index < -0.39 is 0 Å². The largest absolute Gasteiger partial charge is 0.311 e. The van der Waals surface area contributed by atoms with E-state index in [1.54, 1.807) is 0 Å². The summed E-state index contributed by atoms with van der Waals surface area (Å²) in [7, 11) is 0. The topological polar surface area (TPSA) is 15.3 Å². The third-order valence-corrected chi connectivity index (χ3v) is 5.85. The van der Waals surface area contributed by atoms with Crippen molar-refractivity contribution in [2.24, 2.45) is 17.3 Å². The van der Waals surface area contributed by atoms with Crippen LogP contribution in [0.4, 0.5) is 0 Å². The molecule has 2 aliphatic rings. The predicted octanol–water partition coefficient (Wildman–Crippen LogP) is 3.91. The molecule has 0 aromatic heterocycles. The van der Waals surface area contributed by atoms with E-state index in [0.717, 1.165) is 17.9 Å². The van der Waals surface area contributed by atoms with Crippen molar-refractivity contribution >= 4 is 0 Å². The second kappa shape index (κ2) is 6.36. The molecule has 118 valence electrons. The summed E-state index contributed by atoms with van der Waals surface area (Å²) in [4.78, 5) is 2.89. The van der Waals surface area contributed by atoms with Gasteiger partial charge in [-0.15, -0.1) is 0 Å². The van der Waals surface area contributed by atoms with Crippen molar-refractivity contribution < 1.29 is 0 Å². The summed E-state index contributed by atoms with van der Waals surface area (Å²) in [6.07, 6.45) is 5.66. The Bertz CT molecular complexity index is 309. The van der Waals surface area contributed by atoms with Crippen molar-refractivity contribution in [2.75, 3.05) is 13.1 Å². The fourth-order valence-electron chi connectivity index (χ4n) is 4.33. The van der Waals surface area contributed by atoms with E-state index in [1.807, 2.05) is 0 Å². The quantitative estimate of drug-likeness (QED) is 0.843. The molecule has 1 N–H and O–H groups in total. The van der Waals surface area contributed by atoms with Crippen molar-refractivity contribution in [1.82, 2.24) is 10.2 Å². The third-order valence-electron chi connectivity index (χ3n) is 5.85. The minimum absolute atomic E-state index is 0.490. The molecule has 1 saturated heterocycles. The Labute approximate surface area is 126 Å². The van der Waals surface area contributed by atoms with Crippen molar-refractivity contribution in [3.63, 3.8) is 0 Å². The van der Waals surface area contributed by atoms with Gasteiger partial charge in [-0.2, -0.15) is 0 Å². The van der Waals surface area contributed by atoms with E-state index in [2.05, 4.69) is 51.8 Å². The molecular weight excluding hydrogens is 244 g/mol. The van der Waals surface area contributed by atoms with E-state index in [0.29, 0.717) is 17.5 Å².